The molecule has 4 aromatic rings. The average molecular weight is 478 g/mol. The van der Waals surface area contributed by atoms with E-state index in [0.29, 0.717) is 20.8 Å². The highest BCUT2D eigenvalue weighted by Crippen LogP contribution is 2.27. The van der Waals surface area contributed by atoms with Crippen LogP contribution in [0.4, 0.5) is 5.69 Å². The van der Waals surface area contributed by atoms with Crippen LogP contribution in [0.5, 0.6) is 0 Å². The summed E-state index contributed by atoms with van der Waals surface area (Å²) in [7, 11) is 0. The Morgan fingerprint density at radius 1 is 0.969 bits per heavy atom. The first kappa shape index (κ1) is 22.1. The van der Waals surface area contributed by atoms with Gasteiger partial charge in [0.2, 0.25) is 0 Å². The van der Waals surface area contributed by atoms with Gasteiger partial charge in [-0.1, -0.05) is 53.4 Å². The second kappa shape index (κ2) is 10.0. The fraction of sp³-hybridized carbons (Fsp3) is 0.0833. The third-order valence-electron chi connectivity index (χ3n) is 4.66. The van der Waals surface area contributed by atoms with Gasteiger partial charge in [-0.2, -0.15) is 0 Å². The van der Waals surface area contributed by atoms with E-state index in [2.05, 4.69) is 22.5 Å². The molecule has 0 radical (unpaired) electrons. The van der Waals surface area contributed by atoms with E-state index in [1.54, 1.807) is 52.8 Å². The van der Waals surface area contributed by atoms with Crippen molar-refractivity contribution in [2.75, 3.05) is 5.32 Å². The van der Waals surface area contributed by atoms with Crippen LogP contribution < -0.4 is 5.32 Å². The Bertz CT molecular complexity index is 1300. The molecule has 3 aromatic carbocycles. The number of anilines is 1. The van der Waals surface area contributed by atoms with Gasteiger partial charge in [0.25, 0.3) is 5.91 Å². The molecule has 0 unspecified atom stereocenters. The zero-order valence-corrected chi connectivity index (χ0v) is 19.6. The summed E-state index contributed by atoms with van der Waals surface area (Å²) >= 11 is 8.61. The van der Waals surface area contributed by atoms with Crippen molar-refractivity contribution < 1.29 is 9.59 Å². The minimum absolute atomic E-state index is 0.0132. The van der Waals surface area contributed by atoms with Crippen molar-refractivity contribution in [1.29, 1.82) is 0 Å². The number of carbonyl (C=O) groups is 2. The number of nitrogens with zero attached hydrogens (tertiary/aromatic N) is 2. The smallest absolute Gasteiger partial charge is 0.255 e. The molecule has 0 atom stereocenters. The van der Waals surface area contributed by atoms with Gasteiger partial charge < -0.3 is 5.32 Å². The van der Waals surface area contributed by atoms with Crippen LogP contribution in [0.15, 0.2) is 83.2 Å². The van der Waals surface area contributed by atoms with Gasteiger partial charge in [0.1, 0.15) is 0 Å². The summed E-state index contributed by atoms with van der Waals surface area (Å²) in [5, 5.41) is 7.46. The number of benzene rings is 3. The second-order valence-electron chi connectivity index (χ2n) is 6.95. The van der Waals surface area contributed by atoms with Crippen molar-refractivity contribution in [3.8, 4) is 5.69 Å². The van der Waals surface area contributed by atoms with Crippen molar-refractivity contribution in [2.24, 2.45) is 0 Å². The van der Waals surface area contributed by atoms with Crippen LogP contribution in [0.25, 0.3) is 5.69 Å². The Morgan fingerprint density at radius 2 is 1.62 bits per heavy atom. The highest BCUT2D eigenvalue weighted by atomic mass is 32.2. The van der Waals surface area contributed by atoms with Gasteiger partial charge in [-0.3, -0.25) is 9.59 Å². The average Bonchev–Trinajstić information content (AvgIpc) is 3.19. The molecule has 0 aliphatic carbocycles. The number of amides is 1. The lowest BCUT2D eigenvalue weighted by atomic mass is 10.1. The summed E-state index contributed by atoms with van der Waals surface area (Å²) in [6.45, 7) is 1.51. The molecule has 1 N–H and O–H groups in total. The first-order valence-electron chi connectivity index (χ1n) is 9.79. The van der Waals surface area contributed by atoms with Gasteiger partial charge in [-0.25, -0.2) is 4.68 Å². The summed E-state index contributed by atoms with van der Waals surface area (Å²) in [5.41, 5.74) is 3.79. The van der Waals surface area contributed by atoms with Crippen LogP contribution in [0.2, 0.25) is 0 Å². The van der Waals surface area contributed by atoms with E-state index in [9.17, 15) is 9.59 Å². The van der Waals surface area contributed by atoms with E-state index in [-0.39, 0.29) is 11.7 Å². The lowest BCUT2D eigenvalue weighted by molar-refractivity contribution is 0.101. The van der Waals surface area contributed by atoms with E-state index in [0.717, 1.165) is 15.8 Å². The molecule has 0 saturated carbocycles. The van der Waals surface area contributed by atoms with Gasteiger partial charge in [0.15, 0.2) is 14.1 Å². The summed E-state index contributed by atoms with van der Waals surface area (Å²) in [6.07, 6.45) is 0. The third kappa shape index (κ3) is 5.40. The maximum absolute atomic E-state index is 12.5. The number of aromatic nitrogens is 2. The Labute approximate surface area is 199 Å². The number of carbonyl (C=O) groups excluding carboxylic acids is 2. The second-order valence-corrected chi connectivity index (χ2v) is 9.80. The summed E-state index contributed by atoms with van der Waals surface area (Å²) in [6, 6.07) is 24.2. The molecule has 4 rings (SSSR count). The van der Waals surface area contributed by atoms with Crippen LogP contribution >= 0.6 is 35.3 Å². The minimum Gasteiger partial charge on any atom is -0.322 e. The van der Waals surface area contributed by atoms with Crippen LogP contribution in [0.1, 0.15) is 33.2 Å². The van der Waals surface area contributed by atoms with Crippen LogP contribution in [-0.4, -0.2) is 21.5 Å². The molecule has 0 bridgehead atoms. The highest BCUT2D eigenvalue weighted by Gasteiger charge is 2.10. The van der Waals surface area contributed by atoms with E-state index in [4.69, 9.17) is 12.2 Å². The Balaban J connectivity index is 1.43. The van der Waals surface area contributed by atoms with E-state index < -0.39 is 0 Å². The van der Waals surface area contributed by atoms with E-state index >= 15 is 0 Å². The van der Waals surface area contributed by atoms with Gasteiger partial charge >= 0.3 is 0 Å². The SMILES string of the molecule is CC(=O)c1ccc(NC(=O)c2ccc(-n3nc(SCc4ccccc4)sc3=S)cc2)cc1. The zero-order valence-electron chi connectivity index (χ0n) is 17.1. The molecule has 0 fully saturated rings. The van der Waals surface area contributed by atoms with Crippen molar-refractivity contribution >= 4 is 52.7 Å². The van der Waals surface area contributed by atoms with Crippen LogP contribution in [-0.2, 0) is 5.75 Å². The Morgan fingerprint density at radius 3 is 2.28 bits per heavy atom. The normalized spacial score (nSPS) is 10.7. The number of Topliss-reactive ketones (excluding diaryl/α,β-unsaturated/α-hetero) is 1. The number of rotatable bonds is 7. The predicted molar refractivity (Wildman–Crippen MR) is 133 cm³/mol. The van der Waals surface area contributed by atoms with Gasteiger partial charge in [-0.15, -0.1) is 5.10 Å². The molecule has 1 heterocycles. The summed E-state index contributed by atoms with van der Waals surface area (Å²) in [5.74, 6) is 0.587. The standard InChI is InChI=1S/C24H19N3O2S3/c1-16(28)18-7-11-20(12-8-18)25-22(29)19-9-13-21(14-10-19)27-24(30)32-23(26-27)31-15-17-5-3-2-4-6-17/h2-14H,15H2,1H3,(H,25,29). The fourth-order valence-corrected chi connectivity index (χ4v) is 5.26. The fourth-order valence-electron chi connectivity index (χ4n) is 2.95. The number of thioether (sulfide) groups is 1. The predicted octanol–water partition coefficient (Wildman–Crippen LogP) is 6.41. The van der Waals surface area contributed by atoms with Gasteiger partial charge in [-0.05, 0) is 73.2 Å². The first-order valence-corrected chi connectivity index (χ1v) is 12.0. The number of hydrogen-bond donors (Lipinski definition) is 1. The molecule has 32 heavy (non-hydrogen) atoms. The maximum Gasteiger partial charge on any atom is 0.255 e. The topological polar surface area (TPSA) is 64.0 Å². The van der Waals surface area contributed by atoms with Crippen LogP contribution in [0.3, 0.4) is 0 Å². The Hall–Kier alpha value is -3.07. The molecular weight excluding hydrogens is 458 g/mol. The molecule has 0 spiro atoms. The van der Waals surface area contributed by atoms with Gasteiger partial charge in [0.05, 0.1) is 5.69 Å². The molecule has 8 heteroatoms. The van der Waals surface area contributed by atoms with E-state index in [1.807, 2.05) is 30.3 Å². The first-order chi connectivity index (χ1) is 15.5. The van der Waals surface area contributed by atoms with Gasteiger partial charge in [0, 0.05) is 22.6 Å². The molecule has 0 saturated heterocycles. The monoisotopic (exact) mass is 477 g/mol. The zero-order chi connectivity index (χ0) is 22.5. The molecular formula is C24H19N3O2S3. The molecule has 5 nitrogen and oxygen atoms in total. The molecule has 1 aromatic heterocycles. The molecule has 0 aliphatic heterocycles. The van der Waals surface area contributed by atoms with Crippen molar-refractivity contribution in [2.45, 2.75) is 17.0 Å². The largest absolute Gasteiger partial charge is 0.322 e. The number of ketones is 1. The lowest BCUT2D eigenvalue weighted by Crippen LogP contribution is -2.12. The third-order valence-corrected chi connectivity index (χ3v) is 7.09. The molecule has 1 amide bonds. The molecule has 160 valence electrons. The highest BCUT2D eigenvalue weighted by molar-refractivity contribution is 8.00. The van der Waals surface area contributed by atoms with Crippen molar-refractivity contribution in [3.05, 3.63) is 99.5 Å². The molecule has 0 aliphatic rings. The quantitative estimate of drug-likeness (QED) is 0.189. The maximum atomic E-state index is 12.5. The minimum atomic E-state index is -0.229. The Kier molecular flexibility index (Phi) is 6.94. The van der Waals surface area contributed by atoms with Crippen LogP contribution in [0, 0.1) is 3.95 Å². The summed E-state index contributed by atoms with van der Waals surface area (Å²) in [4.78, 5) is 23.9. The van der Waals surface area contributed by atoms with E-state index in [1.165, 1.54) is 23.8 Å². The van der Waals surface area contributed by atoms with Crippen molar-refractivity contribution in [3.63, 3.8) is 0 Å². The summed E-state index contributed by atoms with van der Waals surface area (Å²) < 4.78 is 3.27. The number of hydrogen-bond acceptors (Lipinski definition) is 6. The number of nitrogens with one attached hydrogen (secondary N) is 1. The lowest BCUT2D eigenvalue weighted by Gasteiger charge is -2.07. The van der Waals surface area contributed by atoms with Crippen molar-refractivity contribution in [1.82, 2.24) is 9.78 Å².